The summed E-state index contributed by atoms with van der Waals surface area (Å²) in [4.78, 5) is 12.4. The van der Waals surface area contributed by atoms with Crippen LogP contribution in [0.5, 0.6) is 11.5 Å². The molecule has 8 aromatic carbocycles. The van der Waals surface area contributed by atoms with Crippen LogP contribution in [-0.2, 0) is 4.57 Å². The minimum Gasteiger partial charge on any atom is -0.395 e. The van der Waals surface area contributed by atoms with Crippen LogP contribution in [0, 0.1) is 0 Å². The second-order valence-electron chi connectivity index (χ2n) is 17.8. The molecule has 4 nitrogen and oxygen atoms in total. The van der Waals surface area contributed by atoms with Gasteiger partial charge in [-0.05, 0) is 62.7 Å². The molecule has 0 saturated carbocycles. The Bertz CT molecular complexity index is 2610. The first-order valence-corrected chi connectivity index (χ1v) is 25.9. The fraction of sp³-hybridized carbons (Fsp3) is 0.154. The van der Waals surface area contributed by atoms with Crippen LogP contribution in [0.25, 0.3) is 32.7 Å². The van der Waals surface area contributed by atoms with Crippen LogP contribution in [0.1, 0.15) is 41.5 Å². The zero-order valence-electron chi connectivity index (χ0n) is 34.4. The molecule has 0 aromatic heterocycles. The average molecular weight is 825 g/mol. The summed E-state index contributed by atoms with van der Waals surface area (Å²) in [5.41, 5.74) is 1.56. The van der Waals surface area contributed by atoms with Gasteiger partial charge in [0.15, 0.2) is 16.1 Å². The van der Waals surface area contributed by atoms with E-state index in [1.54, 1.807) is 0 Å². The normalized spacial score (nSPS) is 14.2. The Kier molecular flexibility index (Phi) is 9.49. The number of fused-ring (bicyclic) bond motifs is 7. The molecule has 0 spiro atoms. The van der Waals surface area contributed by atoms with Crippen LogP contribution < -0.4 is 40.2 Å². The first-order chi connectivity index (χ1) is 28.3. The van der Waals surface area contributed by atoms with E-state index in [0.29, 0.717) is 11.5 Å². The van der Waals surface area contributed by atoms with Gasteiger partial charge < -0.3 is 9.05 Å². The minimum absolute atomic E-state index is 0.344. The summed E-state index contributed by atoms with van der Waals surface area (Å²) in [7, 11) is -11.2. The van der Waals surface area contributed by atoms with Gasteiger partial charge in [0.25, 0.3) is 0 Å². The fourth-order valence-corrected chi connectivity index (χ4v) is 23.0. The molecule has 1 heterocycles. The molecule has 0 saturated heterocycles. The molecule has 1 aliphatic heterocycles. The second kappa shape index (κ2) is 14.4. The number of phosphoric acid groups is 1. The monoisotopic (exact) mass is 824 g/mol. The molecule has 0 aliphatic carbocycles. The maximum atomic E-state index is 15.2. The van der Waals surface area contributed by atoms with E-state index in [9.17, 15) is 4.89 Å². The van der Waals surface area contributed by atoms with Gasteiger partial charge in [-0.3, -0.25) is 4.89 Å². The number of hydrogen-bond donors (Lipinski definition) is 1. The molecule has 59 heavy (non-hydrogen) atoms. The van der Waals surface area contributed by atoms with Crippen LogP contribution in [0.15, 0.2) is 182 Å². The van der Waals surface area contributed by atoms with Gasteiger partial charge in [0, 0.05) is 11.1 Å². The topological polar surface area (TPSA) is 55.8 Å². The van der Waals surface area contributed by atoms with Crippen molar-refractivity contribution in [3.8, 4) is 22.6 Å². The van der Waals surface area contributed by atoms with Crippen LogP contribution in [0.4, 0.5) is 0 Å². The van der Waals surface area contributed by atoms with Gasteiger partial charge in [0.05, 0.1) is 0 Å². The van der Waals surface area contributed by atoms with E-state index in [1.165, 1.54) is 20.7 Å². The lowest BCUT2D eigenvalue weighted by molar-refractivity contribution is 0.296. The summed E-state index contributed by atoms with van der Waals surface area (Å²) in [6.07, 6.45) is 0. The van der Waals surface area contributed by atoms with E-state index in [-0.39, 0.29) is 10.1 Å². The highest BCUT2D eigenvalue weighted by Gasteiger charge is 2.55. The van der Waals surface area contributed by atoms with E-state index < -0.39 is 24.0 Å². The van der Waals surface area contributed by atoms with E-state index in [4.69, 9.17) is 9.05 Å². The molecular formula is C52H49O4PSi2. The molecule has 0 unspecified atom stereocenters. The maximum Gasteiger partial charge on any atom is 0.584 e. The fourth-order valence-electron chi connectivity index (χ4n) is 10.4. The van der Waals surface area contributed by atoms with E-state index in [0.717, 1.165) is 43.0 Å². The Hall–Kier alpha value is -5.50. The highest BCUT2D eigenvalue weighted by molar-refractivity contribution is 7.48. The molecule has 8 aromatic rings. The molecule has 294 valence electrons. The zero-order valence-corrected chi connectivity index (χ0v) is 37.3. The highest BCUT2D eigenvalue weighted by Crippen LogP contribution is 2.58. The minimum atomic E-state index is -4.87. The SMILES string of the molecule is CC(C)(C)[Si](c1ccccc1)(c1ccccc1)c1cc2ccccc2c2c1OP(=O)(O)Oc1c([Si](c3ccccc3)(c3ccccc3)C(C)(C)C)cc3ccccc3c1-2. The molecule has 7 heteroatoms. The van der Waals surface area contributed by atoms with Crippen molar-refractivity contribution in [1.82, 2.24) is 0 Å². The smallest absolute Gasteiger partial charge is 0.395 e. The average Bonchev–Trinajstić information content (AvgIpc) is 3.35. The maximum absolute atomic E-state index is 15.2. The Morgan fingerprint density at radius 2 is 0.695 bits per heavy atom. The molecule has 0 radical (unpaired) electrons. The van der Waals surface area contributed by atoms with Crippen molar-refractivity contribution in [3.05, 3.63) is 182 Å². The number of phosphoric ester groups is 1. The molecular weight excluding hydrogens is 776 g/mol. The third-order valence-electron chi connectivity index (χ3n) is 12.6. The van der Waals surface area contributed by atoms with Crippen LogP contribution in [0.3, 0.4) is 0 Å². The molecule has 0 atom stereocenters. The first kappa shape index (κ1) is 39.0. The third-order valence-corrected chi connectivity index (χ3v) is 25.0. The summed E-state index contributed by atoms with van der Waals surface area (Å²) in [6.45, 7) is 13.8. The van der Waals surface area contributed by atoms with E-state index >= 15 is 4.57 Å². The summed E-state index contributed by atoms with van der Waals surface area (Å²) < 4.78 is 28.7. The van der Waals surface area contributed by atoms with Gasteiger partial charge in [-0.25, -0.2) is 4.57 Å². The van der Waals surface area contributed by atoms with E-state index in [2.05, 4.69) is 211 Å². The van der Waals surface area contributed by atoms with E-state index in [1.807, 2.05) is 12.1 Å². The molecule has 1 aliphatic rings. The lowest BCUT2D eigenvalue weighted by atomic mass is 9.92. The molecule has 9 rings (SSSR count). The van der Waals surface area contributed by atoms with Crippen LogP contribution in [0.2, 0.25) is 10.1 Å². The van der Waals surface area contributed by atoms with Crippen molar-refractivity contribution in [2.45, 2.75) is 51.6 Å². The van der Waals surface area contributed by atoms with Crippen molar-refractivity contribution < 1.29 is 18.5 Å². The number of hydrogen-bond acceptors (Lipinski definition) is 3. The summed E-state index contributed by atoms with van der Waals surface area (Å²) in [5, 5.41) is 9.83. The third kappa shape index (κ3) is 6.07. The lowest BCUT2D eigenvalue weighted by Crippen LogP contribution is -2.72. The van der Waals surface area contributed by atoms with Gasteiger partial charge in [-0.15, -0.1) is 0 Å². The van der Waals surface area contributed by atoms with Crippen molar-refractivity contribution in [2.24, 2.45) is 0 Å². The number of benzene rings is 8. The number of rotatable bonds is 6. The Morgan fingerprint density at radius 3 is 0.983 bits per heavy atom. The quantitative estimate of drug-likeness (QED) is 0.103. The molecule has 0 amide bonds. The molecule has 0 fully saturated rings. The summed E-state index contributed by atoms with van der Waals surface area (Å²) in [5.74, 6) is 0.819. The van der Waals surface area contributed by atoms with Crippen LogP contribution >= 0.6 is 7.82 Å². The van der Waals surface area contributed by atoms with Gasteiger partial charge in [0.1, 0.15) is 11.5 Å². The Labute approximate surface area is 349 Å². The van der Waals surface area contributed by atoms with Gasteiger partial charge >= 0.3 is 7.82 Å². The van der Waals surface area contributed by atoms with Gasteiger partial charge in [-0.1, -0.05) is 224 Å². The lowest BCUT2D eigenvalue weighted by Gasteiger charge is -2.45. The predicted molar refractivity (Wildman–Crippen MR) is 252 cm³/mol. The summed E-state index contributed by atoms with van der Waals surface area (Å²) in [6, 6.07) is 64.1. The van der Waals surface area contributed by atoms with Crippen LogP contribution in [-0.4, -0.2) is 21.0 Å². The first-order valence-electron chi connectivity index (χ1n) is 20.4. The molecule has 0 bridgehead atoms. The summed E-state index contributed by atoms with van der Waals surface area (Å²) >= 11 is 0. The predicted octanol–water partition coefficient (Wildman–Crippen LogP) is 10.1. The standard InChI is InChI=1S/C52H49O4PSi2/c1-51(2,3)58(39-25-11-7-12-26-39,40-27-13-8-14-28-40)45-35-37-23-19-21-33-43(37)47-48-44-34-22-20-24-38(44)36-46(50(48)56-57(53,54)55-49(45)47)59(52(4,5)6,41-29-15-9-16-30-41)42-31-17-10-18-32-42/h7-36H,1-6H3,(H,53,54). The van der Waals surface area contributed by atoms with Crippen molar-refractivity contribution in [3.63, 3.8) is 0 Å². The molecule has 1 N–H and O–H groups in total. The Morgan fingerprint density at radius 1 is 0.424 bits per heavy atom. The Balaban J connectivity index is 1.55. The van der Waals surface area contributed by atoms with Crippen molar-refractivity contribution in [2.75, 3.05) is 0 Å². The van der Waals surface area contributed by atoms with Gasteiger partial charge in [0.2, 0.25) is 0 Å². The highest BCUT2D eigenvalue weighted by atomic mass is 31.2. The second-order valence-corrected chi connectivity index (χ2v) is 28.5. The van der Waals surface area contributed by atoms with Crippen molar-refractivity contribution >= 4 is 76.6 Å². The van der Waals surface area contributed by atoms with Gasteiger partial charge in [-0.2, -0.15) is 0 Å². The zero-order chi connectivity index (χ0) is 41.2. The largest absolute Gasteiger partial charge is 0.584 e. The van der Waals surface area contributed by atoms with Crippen molar-refractivity contribution in [1.29, 1.82) is 0 Å².